The molecule has 24 heavy (non-hydrogen) atoms. The molecule has 0 aliphatic carbocycles. The summed E-state index contributed by atoms with van der Waals surface area (Å²) in [5.41, 5.74) is 2.01. The van der Waals surface area contributed by atoms with Crippen LogP contribution in [-0.4, -0.2) is 25.7 Å². The fraction of sp³-hybridized carbons (Fsp3) is 0.333. The van der Waals surface area contributed by atoms with Crippen molar-refractivity contribution in [2.75, 3.05) is 24.6 Å². The van der Waals surface area contributed by atoms with Crippen LogP contribution in [0.1, 0.15) is 35.0 Å². The van der Waals surface area contributed by atoms with E-state index in [1.54, 1.807) is 19.1 Å². The van der Waals surface area contributed by atoms with Crippen LogP contribution >= 0.6 is 22.9 Å². The van der Waals surface area contributed by atoms with Gasteiger partial charge in [-0.25, -0.2) is 4.79 Å². The van der Waals surface area contributed by atoms with Crippen LogP contribution in [0.15, 0.2) is 24.3 Å². The predicted octanol–water partition coefficient (Wildman–Crippen LogP) is 4.72. The number of halogens is 1. The van der Waals surface area contributed by atoms with Crippen LogP contribution in [0.25, 0.3) is 11.1 Å². The number of hydrogen-bond donors (Lipinski definition) is 0. The molecule has 0 saturated carbocycles. The van der Waals surface area contributed by atoms with Gasteiger partial charge >= 0.3 is 5.97 Å². The molecule has 1 aliphatic heterocycles. The average Bonchev–Trinajstić information content (AvgIpc) is 3.22. The summed E-state index contributed by atoms with van der Waals surface area (Å²) in [5.74, 6) is -0.380. The lowest BCUT2D eigenvalue weighted by Gasteiger charge is -2.15. The maximum Gasteiger partial charge on any atom is 0.349 e. The number of nitriles is 1. The van der Waals surface area contributed by atoms with Gasteiger partial charge in [0.1, 0.15) is 15.9 Å². The van der Waals surface area contributed by atoms with E-state index in [2.05, 4.69) is 11.0 Å². The van der Waals surface area contributed by atoms with E-state index in [0.717, 1.165) is 36.5 Å². The summed E-state index contributed by atoms with van der Waals surface area (Å²) < 4.78 is 5.21. The monoisotopic (exact) mass is 360 g/mol. The van der Waals surface area contributed by atoms with Crippen molar-refractivity contribution in [2.45, 2.75) is 19.8 Å². The molecule has 1 saturated heterocycles. The third kappa shape index (κ3) is 3.12. The van der Waals surface area contributed by atoms with Crippen LogP contribution in [-0.2, 0) is 4.74 Å². The van der Waals surface area contributed by atoms with Crippen LogP contribution in [0.5, 0.6) is 0 Å². The summed E-state index contributed by atoms with van der Waals surface area (Å²) in [4.78, 5) is 15.1. The minimum atomic E-state index is -0.380. The van der Waals surface area contributed by atoms with Crippen molar-refractivity contribution < 1.29 is 9.53 Å². The molecule has 124 valence electrons. The zero-order valence-corrected chi connectivity index (χ0v) is 14.9. The summed E-state index contributed by atoms with van der Waals surface area (Å²) >= 11 is 7.32. The zero-order valence-electron chi connectivity index (χ0n) is 13.3. The molecule has 3 rings (SSSR count). The van der Waals surface area contributed by atoms with Gasteiger partial charge in [-0.2, -0.15) is 5.26 Å². The van der Waals surface area contributed by atoms with Gasteiger partial charge in [0.15, 0.2) is 0 Å². The molecule has 2 heterocycles. The van der Waals surface area contributed by atoms with Gasteiger partial charge in [0.2, 0.25) is 0 Å². The first kappa shape index (κ1) is 16.8. The average molecular weight is 361 g/mol. The number of anilines is 1. The molecule has 0 unspecified atom stereocenters. The van der Waals surface area contributed by atoms with Crippen molar-refractivity contribution in [1.82, 2.24) is 0 Å². The van der Waals surface area contributed by atoms with Crippen LogP contribution in [0.3, 0.4) is 0 Å². The molecule has 0 radical (unpaired) electrons. The molecule has 0 amide bonds. The van der Waals surface area contributed by atoms with Crippen molar-refractivity contribution in [3.63, 3.8) is 0 Å². The molecule has 1 aliphatic rings. The highest BCUT2D eigenvalue weighted by atomic mass is 35.5. The van der Waals surface area contributed by atoms with Gasteiger partial charge in [-0.3, -0.25) is 0 Å². The highest BCUT2D eigenvalue weighted by Gasteiger charge is 2.28. The Morgan fingerprint density at radius 2 is 2.00 bits per heavy atom. The first-order chi connectivity index (χ1) is 11.7. The quantitative estimate of drug-likeness (QED) is 0.740. The Balaban J connectivity index is 2.17. The summed E-state index contributed by atoms with van der Waals surface area (Å²) in [6, 6.07) is 9.50. The van der Waals surface area contributed by atoms with E-state index in [4.69, 9.17) is 16.3 Å². The SMILES string of the molecule is CCOC(=O)c1sc(N2CCCC2)c(C#N)c1-c1ccc(Cl)cc1. The Labute approximate surface area is 150 Å². The first-order valence-corrected chi connectivity index (χ1v) is 9.10. The van der Waals surface area contributed by atoms with Gasteiger partial charge < -0.3 is 9.64 Å². The molecule has 0 N–H and O–H groups in total. The molecule has 1 fully saturated rings. The topological polar surface area (TPSA) is 53.3 Å². The minimum absolute atomic E-state index is 0.303. The molecule has 1 aromatic carbocycles. The molecule has 0 bridgehead atoms. The van der Waals surface area contributed by atoms with Crippen LogP contribution < -0.4 is 4.90 Å². The third-order valence-electron chi connectivity index (χ3n) is 3.99. The number of carbonyl (C=O) groups excluding carboxylic acids is 1. The second-order valence-electron chi connectivity index (χ2n) is 5.52. The molecule has 6 heteroatoms. The van der Waals surface area contributed by atoms with E-state index in [1.165, 1.54) is 11.3 Å². The molecule has 4 nitrogen and oxygen atoms in total. The normalized spacial score (nSPS) is 13.8. The highest BCUT2D eigenvalue weighted by Crippen LogP contribution is 2.43. The fourth-order valence-electron chi connectivity index (χ4n) is 2.90. The number of nitrogens with zero attached hydrogens (tertiary/aromatic N) is 2. The van der Waals surface area contributed by atoms with Crippen molar-refractivity contribution in [3.8, 4) is 17.2 Å². The molecular weight excluding hydrogens is 344 g/mol. The second-order valence-corrected chi connectivity index (χ2v) is 6.96. The largest absolute Gasteiger partial charge is 0.462 e. The molecule has 0 spiro atoms. The summed E-state index contributed by atoms with van der Waals surface area (Å²) in [7, 11) is 0. The van der Waals surface area contributed by atoms with E-state index >= 15 is 0 Å². The Morgan fingerprint density at radius 1 is 1.33 bits per heavy atom. The molecule has 2 aromatic rings. The lowest BCUT2D eigenvalue weighted by molar-refractivity contribution is 0.0533. The number of rotatable bonds is 4. The van der Waals surface area contributed by atoms with Gasteiger partial charge in [-0.1, -0.05) is 23.7 Å². The van der Waals surface area contributed by atoms with Crippen molar-refractivity contribution in [2.24, 2.45) is 0 Å². The standard InChI is InChI=1S/C18H17ClN2O2S/c1-2-23-18(22)16-15(12-5-7-13(19)8-6-12)14(11-20)17(24-16)21-9-3-4-10-21/h5-8H,2-4,9-10H2,1H3. The fourth-order valence-corrected chi connectivity index (χ4v) is 4.24. The third-order valence-corrected chi connectivity index (χ3v) is 5.47. The maximum atomic E-state index is 12.4. The lowest BCUT2D eigenvalue weighted by Crippen LogP contribution is -2.17. The van der Waals surface area contributed by atoms with Crippen LogP contribution in [0.2, 0.25) is 5.02 Å². The number of esters is 1. The van der Waals surface area contributed by atoms with Gasteiger partial charge in [0, 0.05) is 23.7 Å². The van der Waals surface area contributed by atoms with Crippen molar-refractivity contribution >= 4 is 33.9 Å². The summed E-state index contributed by atoms with van der Waals surface area (Å²) in [6.07, 6.45) is 2.21. The number of carbonyl (C=O) groups is 1. The summed E-state index contributed by atoms with van der Waals surface area (Å²) in [6.45, 7) is 3.91. The Bertz CT molecular complexity index is 787. The minimum Gasteiger partial charge on any atom is -0.462 e. The van der Waals surface area contributed by atoms with E-state index < -0.39 is 0 Å². The highest BCUT2D eigenvalue weighted by molar-refractivity contribution is 7.18. The number of ether oxygens (including phenoxy) is 1. The maximum absolute atomic E-state index is 12.4. The van der Waals surface area contributed by atoms with Gasteiger partial charge in [-0.05, 0) is 37.5 Å². The predicted molar refractivity (Wildman–Crippen MR) is 96.9 cm³/mol. The second kappa shape index (κ2) is 7.25. The Morgan fingerprint density at radius 3 is 2.58 bits per heavy atom. The number of thiophene rings is 1. The Kier molecular flexibility index (Phi) is 5.08. The van der Waals surface area contributed by atoms with Crippen molar-refractivity contribution in [3.05, 3.63) is 39.7 Å². The number of benzene rings is 1. The number of hydrogen-bond acceptors (Lipinski definition) is 5. The van der Waals surface area contributed by atoms with Crippen LogP contribution in [0.4, 0.5) is 5.00 Å². The molecular formula is C18H17ClN2O2S. The molecule has 0 atom stereocenters. The van der Waals surface area contributed by atoms with E-state index in [1.807, 2.05) is 12.1 Å². The van der Waals surface area contributed by atoms with E-state index in [9.17, 15) is 10.1 Å². The smallest absolute Gasteiger partial charge is 0.349 e. The Hall–Kier alpha value is -2.03. The zero-order chi connectivity index (χ0) is 17.1. The van der Waals surface area contributed by atoms with Crippen LogP contribution in [0, 0.1) is 11.3 Å². The first-order valence-electron chi connectivity index (χ1n) is 7.90. The van der Waals surface area contributed by atoms with E-state index in [-0.39, 0.29) is 5.97 Å². The summed E-state index contributed by atoms with van der Waals surface area (Å²) in [5, 5.41) is 11.2. The van der Waals surface area contributed by atoms with Crippen molar-refractivity contribution in [1.29, 1.82) is 5.26 Å². The van der Waals surface area contributed by atoms with E-state index in [0.29, 0.717) is 27.6 Å². The van der Waals surface area contributed by atoms with Gasteiger partial charge in [-0.15, -0.1) is 11.3 Å². The lowest BCUT2D eigenvalue weighted by atomic mass is 10.0. The van der Waals surface area contributed by atoms with Gasteiger partial charge in [0.05, 0.1) is 12.2 Å². The molecule has 1 aromatic heterocycles. The van der Waals surface area contributed by atoms with Gasteiger partial charge in [0.25, 0.3) is 0 Å².